The summed E-state index contributed by atoms with van der Waals surface area (Å²) in [5.74, 6) is -0.0551. The van der Waals surface area contributed by atoms with E-state index in [1.165, 1.54) is 0 Å². The number of aromatic hydroxyl groups is 1. The predicted molar refractivity (Wildman–Crippen MR) is 71.9 cm³/mol. The van der Waals surface area contributed by atoms with Crippen LogP contribution in [0.2, 0.25) is 0 Å². The molecule has 1 saturated heterocycles. The molecule has 2 rings (SSSR count). The molecule has 1 aromatic carbocycles. The van der Waals surface area contributed by atoms with Crippen LogP contribution in [-0.4, -0.2) is 23.5 Å². The summed E-state index contributed by atoms with van der Waals surface area (Å²) in [7, 11) is 0. The first-order chi connectivity index (χ1) is 8.97. The number of carbonyl (C=O) groups excluding carboxylic acids is 2. The topological polar surface area (TPSA) is 78.4 Å². The van der Waals surface area contributed by atoms with Crippen molar-refractivity contribution in [3.8, 4) is 5.75 Å². The van der Waals surface area contributed by atoms with Crippen LogP contribution in [0.25, 0.3) is 0 Å². The van der Waals surface area contributed by atoms with E-state index < -0.39 is 0 Å². The molecule has 0 bridgehead atoms. The van der Waals surface area contributed by atoms with Gasteiger partial charge in [-0.15, -0.1) is 0 Å². The molecule has 0 aliphatic carbocycles. The largest absolute Gasteiger partial charge is 0.508 e. The third-order valence-corrected chi connectivity index (χ3v) is 3.44. The van der Waals surface area contributed by atoms with Gasteiger partial charge >= 0.3 is 0 Å². The summed E-state index contributed by atoms with van der Waals surface area (Å²) in [5.41, 5.74) is 2.24. The Morgan fingerprint density at radius 3 is 2.74 bits per heavy atom. The molecule has 0 saturated carbocycles. The molecule has 0 spiro atoms. The minimum Gasteiger partial charge on any atom is -0.508 e. The van der Waals surface area contributed by atoms with Crippen molar-refractivity contribution in [2.75, 3.05) is 11.9 Å². The lowest BCUT2D eigenvalue weighted by molar-refractivity contribution is -0.126. The van der Waals surface area contributed by atoms with E-state index in [1.807, 2.05) is 6.92 Å². The second-order valence-corrected chi connectivity index (χ2v) is 4.98. The average molecular weight is 262 g/mol. The van der Waals surface area contributed by atoms with Crippen molar-refractivity contribution in [2.45, 2.75) is 26.7 Å². The summed E-state index contributed by atoms with van der Waals surface area (Å²) in [6.07, 6.45) is 0.972. The fraction of sp³-hybridized carbons (Fsp3) is 0.429. The van der Waals surface area contributed by atoms with Crippen LogP contribution < -0.4 is 10.6 Å². The van der Waals surface area contributed by atoms with Crippen molar-refractivity contribution in [1.29, 1.82) is 0 Å². The number of piperidine rings is 1. The molecular formula is C14H18N2O3. The number of benzene rings is 1. The Balaban J connectivity index is 2.07. The molecule has 1 aliphatic heterocycles. The molecule has 102 valence electrons. The van der Waals surface area contributed by atoms with Crippen LogP contribution in [0.3, 0.4) is 0 Å². The molecule has 1 fully saturated rings. The summed E-state index contributed by atoms with van der Waals surface area (Å²) in [6, 6.07) is 3.39. The van der Waals surface area contributed by atoms with E-state index in [0.717, 1.165) is 11.1 Å². The predicted octanol–water partition coefficient (Wildman–Crippen LogP) is 1.47. The highest BCUT2D eigenvalue weighted by Gasteiger charge is 2.24. The molecule has 5 nitrogen and oxygen atoms in total. The van der Waals surface area contributed by atoms with E-state index in [4.69, 9.17) is 0 Å². The monoisotopic (exact) mass is 262 g/mol. The number of phenols is 1. The minimum absolute atomic E-state index is 0.000656. The molecule has 1 atom stereocenters. The number of anilines is 1. The SMILES string of the molecule is Cc1cc(NC(=O)C2CCC(=O)NC2)c(C)cc1O. The summed E-state index contributed by atoms with van der Waals surface area (Å²) in [5, 5.41) is 15.1. The maximum atomic E-state index is 12.1. The standard InChI is InChI=1S/C14H18N2O3/c1-8-6-12(17)9(2)5-11(8)16-14(19)10-3-4-13(18)15-7-10/h5-6,10,17H,3-4,7H2,1-2H3,(H,15,18)(H,16,19). The highest BCUT2D eigenvalue weighted by molar-refractivity contribution is 5.94. The van der Waals surface area contributed by atoms with Crippen LogP contribution in [0.5, 0.6) is 5.75 Å². The fourth-order valence-electron chi connectivity index (χ4n) is 2.13. The Morgan fingerprint density at radius 1 is 1.37 bits per heavy atom. The number of hydrogen-bond donors (Lipinski definition) is 3. The summed E-state index contributed by atoms with van der Waals surface area (Å²) >= 11 is 0. The second-order valence-electron chi connectivity index (χ2n) is 4.98. The van der Waals surface area contributed by atoms with Crippen molar-refractivity contribution in [3.05, 3.63) is 23.3 Å². The Morgan fingerprint density at radius 2 is 2.11 bits per heavy atom. The van der Waals surface area contributed by atoms with Crippen LogP contribution >= 0.6 is 0 Å². The minimum atomic E-state index is -0.189. The van der Waals surface area contributed by atoms with Gasteiger partial charge in [0.1, 0.15) is 5.75 Å². The van der Waals surface area contributed by atoms with Crippen molar-refractivity contribution >= 4 is 17.5 Å². The number of carbonyl (C=O) groups is 2. The Bertz CT molecular complexity index is 516. The average Bonchev–Trinajstić information content (AvgIpc) is 2.36. The number of nitrogens with one attached hydrogen (secondary N) is 2. The Labute approximate surface area is 112 Å². The van der Waals surface area contributed by atoms with Crippen LogP contribution in [0, 0.1) is 19.8 Å². The molecule has 2 amide bonds. The van der Waals surface area contributed by atoms with Crippen molar-refractivity contribution in [2.24, 2.45) is 5.92 Å². The van der Waals surface area contributed by atoms with Gasteiger partial charge < -0.3 is 15.7 Å². The van der Waals surface area contributed by atoms with E-state index in [-0.39, 0.29) is 23.5 Å². The Hall–Kier alpha value is -2.04. The van der Waals surface area contributed by atoms with Gasteiger partial charge in [-0.3, -0.25) is 9.59 Å². The van der Waals surface area contributed by atoms with Crippen LogP contribution in [0.1, 0.15) is 24.0 Å². The van der Waals surface area contributed by atoms with Crippen LogP contribution in [0.15, 0.2) is 12.1 Å². The molecule has 1 aromatic rings. The van der Waals surface area contributed by atoms with Gasteiger partial charge in [0.25, 0.3) is 0 Å². The normalized spacial score (nSPS) is 18.8. The number of aryl methyl sites for hydroxylation is 2. The zero-order chi connectivity index (χ0) is 14.0. The first kappa shape index (κ1) is 13.4. The Kier molecular flexibility index (Phi) is 3.74. The summed E-state index contributed by atoms with van der Waals surface area (Å²) in [4.78, 5) is 23.2. The van der Waals surface area contributed by atoms with Gasteiger partial charge in [-0.25, -0.2) is 0 Å². The highest BCUT2D eigenvalue weighted by atomic mass is 16.3. The molecule has 0 radical (unpaired) electrons. The smallest absolute Gasteiger partial charge is 0.229 e. The van der Waals surface area contributed by atoms with Gasteiger partial charge in [0, 0.05) is 18.7 Å². The summed E-state index contributed by atoms with van der Waals surface area (Å²) < 4.78 is 0. The molecule has 3 N–H and O–H groups in total. The molecule has 0 aromatic heterocycles. The molecule has 1 heterocycles. The lowest BCUT2D eigenvalue weighted by Crippen LogP contribution is -2.40. The van der Waals surface area contributed by atoms with Crippen molar-refractivity contribution in [1.82, 2.24) is 5.32 Å². The quantitative estimate of drug-likeness (QED) is 0.706. The first-order valence-electron chi connectivity index (χ1n) is 6.35. The molecule has 19 heavy (non-hydrogen) atoms. The van der Waals surface area contributed by atoms with Gasteiger partial charge in [0.05, 0.1) is 5.92 Å². The molecule has 1 unspecified atom stereocenters. The number of phenolic OH excluding ortho intramolecular Hbond substituents is 1. The third-order valence-electron chi connectivity index (χ3n) is 3.44. The van der Waals surface area contributed by atoms with Crippen molar-refractivity contribution < 1.29 is 14.7 Å². The van der Waals surface area contributed by atoms with E-state index >= 15 is 0 Å². The molecular weight excluding hydrogens is 244 g/mol. The van der Waals surface area contributed by atoms with E-state index in [9.17, 15) is 14.7 Å². The number of rotatable bonds is 2. The summed E-state index contributed by atoms with van der Waals surface area (Å²) in [6.45, 7) is 4.00. The maximum absolute atomic E-state index is 12.1. The number of amides is 2. The second kappa shape index (κ2) is 5.30. The molecule has 5 heteroatoms. The lowest BCUT2D eigenvalue weighted by Gasteiger charge is -2.22. The van der Waals surface area contributed by atoms with E-state index in [0.29, 0.717) is 25.1 Å². The van der Waals surface area contributed by atoms with Gasteiger partial charge in [0.2, 0.25) is 11.8 Å². The number of hydrogen-bond acceptors (Lipinski definition) is 3. The third kappa shape index (κ3) is 3.05. The maximum Gasteiger partial charge on any atom is 0.229 e. The van der Waals surface area contributed by atoms with E-state index in [1.54, 1.807) is 19.1 Å². The van der Waals surface area contributed by atoms with Gasteiger partial charge in [-0.05, 0) is 43.5 Å². The highest BCUT2D eigenvalue weighted by Crippen LogP contribution is 2.25. The van der Waals surface area contributed by atoms with Gasteiger partial charge in [0.15, 0.2) is 0 Å². The first-order valence-corrected chi connectivity index (χ1v) is 6.35. The van der Waals surface area contributed by atoms with Gasteiger partial charge in [-0.1, -0.05) is 0 Å². The van der Waals surface area contributed by atoms with Gasteiger partial charge in [-0.2, -0.15) is 0 Å². The zero-order valence-corrected chi connectivity index (χ0v) is 11.1. The van der Waals surface area contributed by atoms with Crippen LogP contribution in [0.4, 0.5) is 5.69 Å². The zero-order valence-electron chi connectivity index (χ0n) is 11.1. The molecule has 1 aliphatic rings. The lowest BCUT2D eigenvalue weighted by atomic mass is 9.98. The fourth-order valence-corrected chi connectivity index (χ4v) is 2.13. The van der Waals surface area contributed by atoms with E-state index in [2.05, 4.69) is 10.6 Å². The van der Waals surface area contributed by atoms with Crippen LogP contribution in [-0.2, 0) is 9.59 Å². The van der Waals surface area contributed by atoms with Crippen molar-refractivity contribution in [3.63, 3.8) is 0 Å².